The summed E-state index contributed by atoms with van der Waals surface area (Å²) in [6.07, 6.45) is -1.37. The Kier molecular flexibility index (Phi) is 2.90. The summed E-state index contributed by atoms with van der Waals surface area (Å²) >= 11 is 0. The largest absolute Gasteiger partial charge is 0.573 e. The molecule has 2 amide bonds. The molecule has 0 spiro atoms. The van der Waals surface area contributed by atoms with Crippen LogP contribution in [-0.2, 0) is 14.0 Å². The molecule has 0 saturated carbocycles. The first-order chi connectivity index (χ1) is 7.61. The third-order valence-electron chi connectivity index (χ3n) is 2.09. The molecule has 0 radical (unpaired) electrons. The number of hydrogen-bond donors (Lipinski definition) is 1. The highest BCUT2D eigenvalue weighted by Gasteiger charge is 2.47. The van der Waals surface area contributed by atoms with Crippen LogP contribution in [0.15, 0.2) is 0 Å². The van der Waals surface area contributed by atoms with E-state index in [1.165, 1.54) is 0 Å². The Morgan fingerprint density at radius 1 is 1.12 bits per heavy atom. The second-order valence-electron chi connectivity index (χ2n) is 3.05. The molecule has 0 aliphatic carbocycles. The Bertz CT molecular complexity index is 324. The zero-order valence-electron chi connectivity index (χ0n) is 8.24. The number of cyclic esters (lactones) is 2. The maximum atomic E-state index is 11.4. The van der Waals surface area contributed by atoms with Gasteiger partial charge in [0, 0.05) is 0 Å². The third-order valence-corrected chi connectivity index (χ3v) is 2.87. The molecule has 2 rings (SSSR count). The Morgan fingerprint density at radius 2 is 1.56 bits per heavy atom. The van der Waals surface area contributed by atoms with Crippen molar-refractivity contribution in [2.75, 3.05) is 26.3 Å². The van der Waals surface area contributed by atoms with Crippen LogP contribution in [0.4, 0.5) is 9.59 Å². The van der Waals surface area contributed by atoms with Crippen LogP contribution in [0, 0.1) is 0 Å². The summed E-state index contributed by atoms with van der Waals surface area (Å²) in [5.74, 6) is 0. The molecule has 2 aliphatic heterocycles. The van der Waals surface area contributed by atoms with Crippen LogP contribution < -0.4 is 5.50 Å². The van der Waals surface area contributed by atoms with Gasteiger partial charge >= 0.3 is 20.3 Å². The summed E-state index contributed by atoms with van der Waals surface area (Å²) < 4.78 is 20.7. The van der Waals surface area contributed by atoms with E-state index in [2.05, 4.69) is 9.47 Å². The van der Waals surface area contributed by atoms with Gasteiger partial charge in [0.25, 0.3) is 0 Å². The van der Waals surface area contributed by atoms with Crippen molar-refractivity contribution in [3.8, 4) is 0 Å². The molecule has 0 aromatic carbocycles. The summed E-state index contributed by atoms with van der Waals surface area (Å²) in [5.41, 5.74) is 5.26. The quantitative estimate of drug-likeness (QED) is 0.680. The van der Waals surface area contributed by atoms with Crippen molar-refractivity contribution in [2.24, 2.45) is 5.50 Å². The lowest BCUT2D eigenvalue weighted by Crippen LogP contribution is -2.50. The first-order valence-electron chi connectivity index (χ1n) is 4.51. The van der Waals surface area contributed by atoms with Gasteiger partial charge in [0.05, 0.1) is 13.1 Å². The van der Waals surface area contributed by atoms with E-state index in [9.17, 15) is 14.2 Å². The van der Waals surface area contributed by atoms with Crippen molar-refractivity contribution in [1.82, 2.24) is 14.9 Å². The van der Waals surface area contributed by atoms with Crippen molar-refractivity contribution in [1.29, 1.82) is 0 Å². The molecule has 1 unspecified atom stereocenters. The van der Waals surface area contributed by atoms with Crippen LogP contribution >= 0.6 is 8.10 Å². The SMILES string of the molecule is N[P+](=O)N(N1CCOC1=O)N1CCOC1=O. The van der Waals surface area contributed by atoms with Gasteiger partial charge < -0.3 is 9.47 Å². The van der Waals surface area contributed by atoms with Crippen LogP contribution in [-0.4, -0.2) is 53.4 Å². The predicted molar refractivity (Wildman–Crippen MR) is 49.7 cm³/mol. The van der Waals surface area contributed by atoms with Crippen molar-refractivity contribution in [3.63, 3.8) is 0 Å². The molecule has 2 saturated heterocycles. The average Bonchev–Trinajstić information content (AvgIpc) is 2.79. The van der Waals surface area contributed by atoms with E-state index in [-0.39, 0.29) is 26.3 Å². The number of nitrogens with two attached hydrogens (primary N) is 1. The van der Waals surface area contributed by atoms with Crippen LogP contribution in [0.2, 0.25) is 0 Å². The lowest BCUT2D eigenvalue weighted by atomic mass is 10.7. The van der Waals surface area contributed by atoms with Gasteiger partial charge in [0.1, 0.15) is 18.1 Å². The lowest BCUT2D eigenvalue weighted by Gasteiger charge is -2.23. The van der Waals surface area contributed by atoms with Crippen molar-refractivity contribution in [2.45, 2.75) is 0 Å². The summed E-state index contributed by atoms with van der Waals surface area (Å²) in [7, 11) is -2.41. The Labute approximate surface area is 91.5 Å². The first-order valence-corrected chi connectivity index (χ1v) is 5.80. The Morgan fingerprint density at radius 3 is 1.81 bits per heavy atom. The molecular weight excluding hydrogens is 239 g/mol. The minimum absolute atomic E-state index is 0.168. The summed E-state index contributed by atoms with van der Waals surface area (Å²) in [6, 6.07) is 0. The fourth-order valence-electron chi connectivity index (χ4n) is 1.44. The molecule has 0 aromatic heterocycles. The molecule has 16 heavy (non-hydrogen) atoms. The summed E-state index contributed by atoms with van der Waals surface area (Å²) in [4.78, 5) is 23.5. The molecule has 2 aliphatic rings. The van der Waals surface area contributed by atoms with Crippen molar-refractivity contribution >= 4 is 20.3 Å². The normalized spacial score (nSPS) is 21.5. The molecule has 88 valence electrons. The van der Waals surface area contributed by atoms with Gasteiger partial charge in [-0.1, -0.05) is 0 Å². The maximum absolute atomic E-state index is 11.4. The first kappa shape index (κ1) is 11.1. The monoisotopic (exact) mass is 249 g/mol. The lowest BCUT2D eigenvalue weighted by molar-refractivity contribution is -0.0333. The van der Waals surface area contributed by atoms with Crippen LogP contribution in [0.1, 0.15) is 0 Å². The summed E-state index contributed by atoms with van der Waals surface area (Å²) in [5, 5.41) is 2.04. The van der Waals surface area contributed by atoms with Gasteiger partial charge in [-0.25, -0.2) is 9.59 Å². The number of rotatable bonds is 3. The van der Waals surface area contributed by atoms with Gasteiger partial charge in [0.2, 0.25) is 0 Å². The number of amides is 2. The number of carbonyl (C=O) groups is 2. The van der Waals surface area contributed by atoms with E-state index >= 15 is 0 Å². The predicted octanol–water partition coefficient (Wildman–Crippen LogP) is -0.361. The molecule has 2 fully saturated rings. The molecule has 2 N–H and O–H groups in total. The van der Waals surface area contributed by atoms with Gasteiger partial charge in [-0.2, -0.15) is 10.0 Å². The summed E-state index contributed by atoms with van der Waals surface area (Å²) in [6.45, 7) is 0.727. The van der Waals surface area contributed by atoms with E-state index in [4.69, 9.17) is 5.50 Å². The van der Waals surface area contributed by atoms with Crippen molar-refractivity contribution in [3.05, 3.63) is 0 Å². The number of carbonyl (C=O) groups excluding carboxylic acids is 2. The topological polar surface area (TPSA) is 105 Å². The Hall–Kier alpha value is -1.44. The minimum atomic E-state index is -2.41. The van der Waals surface area contributed by atoms with Gasteiger partial charge in [-0.3, -0.25) is 0 Å². The third kappa shape index (κ3) is 1.80. The van der Waals surface area contributed by atoms with Gasteiger partial charge in [0.15, 0.2) is 0 Å². The van der Waals surface area contributed by atoms with Gasteiger partial charge in [-0.15, -0.1) is 5.50 Å². The highest BCUT2D eigenvalue weighted by atomic mass is 31.1. The van der Waals surface area contributed by atoms with Crippen LogP contribution in [0.25, 0.3) is 0 Å². The van der Waals surface area contributed by atoms with Gasteiger partial charge in [-0.05, 0) is 4.57 Å². The fourth-order valence-corrected chi connectivity index (χ4v) is 2.19. The smallest absolute Gasteiger partial charge is 0.446 e. The Balaban J connectivity index is 2.19. The minimum Gasteiger partial charge on any atom is -0.446 e. The molecule has 0 aromatic rings. The molecule has 9 nitrogen and oxygen atoms in total. The van der Waals surface area contributed by atoms with E-state index in [0.29, 0.717) is 0 Å². The average molecular weight is 249 g/mol. The van der Waals surface area contributed by atoms with E-state index in [0.717, 1.165) is 14.9 Å². The molecule has 0 bridgehead atoms. The molecular formula is C6H10N4O5P+. The second kappa shape index (κ2) is 4.20. The van der Waals surface area contributed by atoms with Crippen molar-refractivity contribution < 1.29 is 23.6 Å². The van der Waals surface area contributed by atoms with Crippen LogP contribution in [0.5, 0.6) is 0 Å². The molecule has 10 heteroatoms. The van der Waals surface area contributed by atoms with Crippen LogP contribution in [0.3, 0.4) is 0 Å². The molecule has 2 heterocycles. The number of nitrogens with zero attached hydrogens (tertiary/aromatic N) is 3. The zero-order chi connectivity index (χ0) is 11.7. The number of hydrazine groups is 2. The fraction of sp³-hybridized carbons (Fsp3) is 0.667. The zero-order valence-corrected chi connectivity index (χ0v) is 9.13. The number of ether oxygens (including phenoxy) is 2. The van der Waals surface area contributed by atoms with E-state index < -0.39 is 20.3 Å². The standard InChI is InChI=1S/C6H10N4O5P/c7-16(13)10(8-1-3-14-5(8)11)9-2-4-15-6(9)12/h1-4H2,(H2,7,13)/q+1. The van der Waals surface area contributed by atoms with E-state index in [1.54, 1.807) is 0 Å². The highest BCUT2D eigenvalue weighted by Crippen LogP contribution is 2.27. The van der Waals surface area contributed by atoms with E-state index in [1.807, 2.05) is 0 Å². The second-order valence-corrected chi connectivity index (χ2v) is 4.01. The molecule has 1 atom stereocenters. The highest BCUT2D eigenvalue weighted by molar-refractivity contribution is 7.39. The number of hydrogen-bond acceptors (Lipinski definition) is 5. The maximum Gasteiger partial charge on any atom is 0.573 e.